The summed E-state index contributed by atoms with van der Waals surface area (Å²) >= 11 is 0. The first kappa shape index (κ1) is 13.4. The van der Waals surface area contributed by atoms with Gasteiger partial charge in [-0.1, -0.05) is 20.1 Å². The van der Waals surface area contributed by atoms with Gasteiger partial charge in [-0.25, -0.2) is 9.59 Å². The third-order valence-electron chi connectivity index (χ3n) is 1.66. The van der Waals surface area contributed by atoms with Gasteiger partial charge in [-0.2, -0.15) is 0 Å². The molecule has 84 valence electrons. The third kappa shape index (κ3) is 5.67. The zero-order valence-electron chi connectivity index (χ0n) is 9.12. The second kappa shape index (κ2) is 6.81. The van der Waals surface area contributed by atoms with Gasteiger partial charge in [0.05, 0.1) is 0 Å². The number of hydrogen-bond acceptors (Lipinski definition) is 4. The maximum Gasteiger partial charge on any atom is 0.333 e. The highest BCUT2D eigenvalue weighted by molar-refractivity contribution is 5.87. The maximum atomic E-state index is 11.1. The van der Waals surface area contributed by atoms with E-state index in [0.29, 0.717) is 12.0 Å². The second-order valence-electron chi connectivity index (χ2n) is 3.05. The van der Waals surface area contributed by atoms with Crippen molar-refractivity contribution in [3.63, 3.8) is 0 Å². The number of carbonyl (C=O) groups excluding carboxylic acids is 2. The molecule has 0 spiro atoms. The fraction of sp³-hybridized carbons (Fsp3) is 0.455. The van der Waals surface area contributed by atoms with Crippen LogP contribution in [0.5, 0.6) is 0 Å². The molecule has 15 heavy (non-hydrogen) atoms. The maximum absolute atomic E-state index is 11.1. The van der Waals surface area contributed by atoms with Crippen LogP contribution in [0.2, 0.25) is 0 Å². The van der Waals surface area contributed by atoms with Crippen molar-refractivity contribution in [3.8, 4) is 0 Å². The Hall–Kier alpha value is -1.58. The molecule has 0 aromatic rings. The minimum atomic E-state index is -0.528. The summed E-state index contributed by atoms with van der Waals surface area (Å²) in [6, 6.07) is 0. The molecular formula is C11H16O4. The first-order valence-electron chi connectivity index (χ1n) is 4.66. The summed E-state index contributed by atoms with van der Waals surface area (Å²) in [5.41, 5.74) is 0.323. The summed E-state index contributed by atoms with van der Waals surface area (Å²) in [5.74, 6) is -1.00. The van der Waals surface area contributed by atoms with Crippen molar-refractivity contribution in [2.45, 2.75) is 26.4 Å². The van der Waals surface area contributed by atoms with Gasteiger partial charge in [0.25, 0.3) is 0 Å². The van der Waals surface area contributed by atoms with Crippen molar-refractivity contribution in [2.75, 3.05) is 6.61 Å². The molecule has 4 nitrogen and oxygen atoms in total. The highest BCUT2D eigenvalue weighted by Gasteiger charge is 2.14. The molecule has 0 rings (SSSR count). The van der Waals surface area contributed by atoms with E-state index < -0.39 is 18.0 Å². The fourth-order valence-electron chi connectivity index (χ4n) is 0.721. The minimum absolute atomic E-state index is 0.0420. The largest absolute Gasteiger partial charge is 0.459 e. The van der Waals surface area contributed by atoms with Gasteiger partial charge in [-0.05, 0) is 13.3 Å². The summed E-state index contributed by atoms with van der Waals surface area (Å²) in [6.07, 6.45) is 1.20. The van der Waals surface area contributed by atoms with E-state index >= 15 is 0 Å². The monoisotopic (exact) mass is 212 g/mol. The van der Waals surface area contributed by atoms with Crippen LogP contribution in [0, 0.1) is 0 Å². The topological polar surface area (TPSA) is 52.6 Å². The first-order chi connectivity index (χ1) is 7.01. The van der Waals surface area contributed by atoms with Crippen molar-refractivity contribution >= 4 is 11.9 Å². The van der Waals surface area contributed by atoms with Crippen LogP contribution < -0.4 is 0 Å². The average Bonchev–Trinajstić information content (AvgIpc) is 2.22. The van der Waals surface area contributed by atoms with Crippen LogP contribution in [0.4, 0.5) is 0 Å². The average molecular weight is 212 g/mol. The number of rotatable bonds is 6. The summed E-state index contributed by atoms with van der Waals surface area (Å²) in [5, 5.41) is 0. The van der Waals surface area contributed by atoms with Gasteiger partial charge in [-0.3, -0.25) is 0 Å². The van der Waals surface area contributed by atoms with Crippen LogP contribution >= 0.6 is 0 Å². The predicted octanol–water partition coefficient (Wildman–Crippen LogP) is 1.61. The predicted molar refractivity (Wildman–Crippen MR) is 56.1 cm³/mol. The van der Waals surface area contributed by atoms with Crippen molar-refractivity contribution in [2.24, 2.45) is 0 Å². The Kier molecular flexibility index (Phi) is 6.09. The normalized spacial score (nSPS) is 11.3. The quantitative estimate of drug-likeness (QED) is 0.496. The molecule has 0 bridgehead atoms. The molecule has 0 saturated carbocycles. The molecule has 0 aromatic carbocycles. The van der Waals surface area contributed by atoms with Gasteiger partial charge in [0.2, 0.25) is 0 Å². The number of esters is 2. The van der Waals surface area contributed by atoms with Crippen molar-refractivity contribution in [3.05, 3.63) is 24.8 Å². The highest BCUT2D eigenvalue weighted by atomic mass is 16.6. The molecule has 0 aliphatic heterocycles. The second-order valence-corrected chi connectivity index (χ2v) is 3.05. The Morgan fingerprint density at radius 1 is 1.47 bits per heavy atom. The summed E-state index contributed by atoms with van der Waals surface area (Å²) in [7, 11) is 0. The Bertz CT molecular complexity index is 268. The minimum Gasteiger partial charge on any atom is -0.459 e. The van der Waals surface area contributed by atoms with Crippen LogP contribution in [0.25, 0.3) is 0 Å². The van der Waals surface area contributed by atoms with Gasteiger partial charge in [0, 0.05) is 11.6 Å². The fourth-order valence-corrected chi connectivity index (χ4v) is 0.721. The van der Waals surface area contributed by atoms with Crippen LogP contribution in [0.3, 0.4) is 0 Å². The Balaban J connectivity index is 4.03. The third-order valence-corrected chi connectivity index (χ3v) is 1.66. The molecule has 0 radical (unpaired) electrons. The zero-order valence-corrected chi connectivity index (χ0v) is 9.12. The molecule has 0 saturated heterocycles. The summed E-state index contributed by atoms with van der Waals surface area (Å²) in [4.78, 5) is 21.9. The Morgan fingerprint density at radius 3 is 2.47 bits per heavy atom. The van der Waals surface area contributed by atoms with E-state index in [9.17, 15) is 9.59 Å². The molecule has 0 aliphatic rings. The standard InChI is InChI=1S/C11H16O4/c1-5-9(7-14-10(12)6-2)15-11(13)8(3)4/h6,9H,2-3,5,7H2,1,4H3. The molecule has 0 amide bonds. The lowest BCUT2D eigenvalue weighted by molar-refractivity contribution is -0.153. The highest BCUT2D eigenvalue weighted by Crippen LogP contribution is 2.03. The molecule has 0 fully saturated rings. The van der Waals surface area contributed by atoms with E-state index in [1.807, 2.05) is 6.92 Å². The smallest absolute Gasteiger partial charge is 0.333 e. The van der Waals surface area contributed by atoms with Crippen LogP contribution in [-0.4, -0.2) is 24.6 Å². The van der Waals surface area contributed by atoms with E-state index in [4.69, 9.17) is 9.47 Å². The zero-order chi connectivity index (χ0) is 11.8. The van der Waals surface area contributed by atoms with E-state index in [2.05, 4.69) is 13.2 Å². The van der Waals surface area contributed by atoms with E-state index in [-0.39, 0.29) is 6.61 Å². The van der Waals surface area contributed by atoms with E-state index in [1.54, 1.807) is 6.92 Å². The molecule has 1 atom stereocenters. The Labute approximate surface area is 89.6 Å². The first-order valence-corrected chi connectivity index (χ1v) is 4.66. The lowest BCUT2D eigenvalue weighted by Crippen LogP contribution is -2.24. The van der Waals surface area contributed by atoms with Crippen molar-refractivity contribution in [1.82, 2.24) is 0 Å². The van der Waals surface area contributed by atoms with E-state index in [1.165, 1.54) is 0 Å². The van der Waals surface area contributed by atoms with Gasteiger partial charge >= 0.3 is 11.9 Å². The lowest BCUT2D eigenvalue weighted by atomic mass is 10.3. The van der Waals surface area contributed by atoms with Gasteiger partial charge < -0.3 is 9.47 Å². The van der Waals surface area contributed by atoms with Gasteiger partial charge in [0.15, 0.2) is 0 Å². The van der Waals surface area contributed by atoms with Gasteiger partial charge in [0.1, 0.15) is 12.7 Å². The number of hydrogen-bond donors (Lipinski definition) is 0. The van der Waals surface area contributed by atoms with Gasteiger partial charge in [-0.15, -0.1) is 0 Å². The molecule has 0 aliphatic carbocycles. The van der Waals surface area contributed by atoms with Crippen LogP contribution in [-0.2, 0) is 19.1 Å². The molecule has 0 aromatic heterocycles. The number of ether oxygens (including phenoxy) is 2. The van der Waals surface area contributed by atoms with Crippen LogP contribution in [0.15, 0.2) is 24.8 Å². The SMILES string of the molecule is C=CC(=O)OCC(CC)OC(=O)C(=C)C. The molecule has 0 heterocycles. The summed E-state index contributed by atoms with van der Waals surface area (Å²) < 4.78 is 9.77. The molecular weight excluding hydrogens is 196 g/mol. The molecule has 0 N–H and O–H groups in total. The lowest BCUT2D eigenvalue weighted by Gasteiger charge is -2.15. The molecule has 4 heteroatoms. The van der Waals surface area contributed by atoms with Crippen LogP contribution in [0.1, 0.15) is 20.3 Å². The summed E-state index contributed by atoms with van der Waals surface area (Å²) in [6.45, 7) is 10.1. The Morgan fingerprint density at radius 2 is 2.07 bits per heavy atom. The number of carbonyl (C=O) groups is 2. The van der Waals surface area contributed by atoms with E-state index in [0.717, 1.165) is 6.08 Å². The van der Waals surface area contributed by atoms with Crippen molar-refractivity contribution < 1.29 is 19.1 Å². The van der Waals surface area contributed by atoms with Crippen molar-refractivity contribution in [1.29, 1.82) is 0 Å². The molecule has 1 unspecified atom stereocenters.